The topological polar surface area (TPSA) is 98.0 Å². The van der Waals surface area contributed by atoms with Crippen molar-refractivity contribution in [1.82, 2.24) is 9.97 Å². The molecule has 19 heavy (non-hydrogen) atoms. The summed E-state index contributed by atoms with van der Waals surface area (Å²) in [5.41, 5.74) is 6.40. The van der Waals surface area contributed by atoms with E-state index in [1.807, 2.05) is 24.3 Å². The van der Waals surface area contributed by atoms with Gasteiger partial charge in [0.05, 0.1) is 11.3 Å². The van der Waals surface area contributed by atoms with E-state index in [-0.39, 0.29) is 11.7 Å². The van der Waals surface area contributed by atoms with Crippen molar-refractivity contribution in [2.45, 2.75) is 6.42 Å². The van der Waals surface area contributed by atoms with Crippen LogP contribution in [0.5, 0.6) is 0 Å². The standard InChI is InChI=1S/C12H16N4O2S/c1-19(17,18)8-4-7-14-11-9-5-2-3-6-10(9)15-12(13)16-11/h2-3,5-6H,4,7-8H2,1H3,(H3,13,14,15,16). The van der Waals surface area contributed by atoms with Crippen molar-refractivity contribution in [1.29, 1.82) is 0 Å². The molecule has 1 heterocycles. The lowest BCUT2D eigenvalue weighted by molar-refractivity contribution is 0.600. The molecule has 0 aliphatic rings. The van der Waals surface area contributed by atoms with E-state index in [0.717, 1.165) is 10.9 Å². The highest BCUT2D eigenvalue weighted by Crippen LogP contribution is 2.20. The number of benzene rings is 1. The summed E-state index contributed by atoms with van der Waals surface area (Å²) in [6.07, 6.45) is 1.75. The number of hydrogen-bond acceptors (Lipinski definition) is 6. The number of sulfone groups is 1. The molecule has 0 unspecified atom stereocenters. The van der Waals surface area contributed by atoms with Crippen LogP contribution in [0.4, 0.5) is 11.8 Å². The third-order valence-electron chi connectivity index (χ3n) is 2.60. The first-order valence-electron chi connectivity index (χ1n) is 5.89. The zero-order valence-electron chi connectivity index (χ0n) is 10.6. The van der Waals surface area contributed by atoms with Gasteiger partial charge < -0.3 is 11.1 Å². The number of nitrogens with two attached hydrogens (primary N) is 1. The maximum Gasteiger partial charge on any atom is 0.222 e. The molecule has 0 aliphatic heterocycles. The number of nitrogens with zero attached hydrogens (tertiary/aromatic N) is 2. The molecule has 102 valence electrons. The van der Waals surface area contributed by atoms with Gasteiger partial charge in [0.2, 0.25) is 5.95 Å². The number of nitrogens with one attached hydrogen (secondary N) is 1. The van der Waals surface area contributed by atoms with Crippen LogP contribution < -0.4 is 11.1 Å². The zero-order valence-corrected chi connectivity index (χ0v) is 11.4. The van der Waals surface area contributed by atoms with Crippen LogP contribution >= 0.6 is 0 Å². The predicted octanol–water partition coefficient (Wildman–Crippen LogP) is 1.06. The molecular weight excluding hydrogens is 264 g/mol. The van der Waals surface area contributed by atoms with E-state index < -0.39 is 9.84 Å². The van der Waals surface area contributed by atoms with Crippen molar-refractivity contribution in [2.24, 2.45) is 0 Å². The summed E-state index contributed by atoms with van der Waals surface area (Å²) in [7, 11) is -2.93. The first-order valence-corrected chi connectivity index (χ1v) is 7.95. The Morgan fingerprint density at radius 2 is 2.00 bits per heavy atom. The second-order valence-electron chi connectivity index (χ2n) is 4.36. The van der Waals surface area contributed by atoms with Crippen LogP contribution in [0.25, 0.3) is 10.9 Å². The summed E-state index contributed by atoms with van der Waals surface area (Å²) in [6.45, 7) is 0.521. The molecule has 2 rings (SSSR count). The van der Waals surface area contributed by atoms with E-state index >= 15 is 0 Å². The van der Waals surface area contributed by atoms with Crippen molar-refractivity contribution < 1.29 is 8.42 Å². The van der Waals surface area contributed by atoms with E-state index in [9.17, 15) is 8.42 Å². The van der Waals surface area contributed by atoms with E-state index in [2.05, 4.69) is 15.3 Å². The minimum absolute atomic E-state index is 0.151. The lowest BCUT2D eigenvalue weighted by Gasteiger charge is -2.08. The van der Waals surface area contributed by atoms with Crippen LogP contribution in [-0.4, -0.2) is 36.9 Å². The molecule has 2 aromatic rings. The maximum absolute atomic E-state index is 11.0. The lowest BCUT2D eigenvalue weighted by Crippen LogP contribution is -2.11. The predicted molar refractivity (Wildman–Crippen MR) is 76.8 cm³/mol. The van der Waals surface area contributed by atoms with Crippen molar-refractivity contribution in [3.63, 3.8) is 0 Å². The molecule has 0 atom stereocenters. The van der Waals surface area contributed by atoms with Crippen molar-refractivity contribution >= 4 is 32.5 Å². The smallest absolute Gasteiger partial charge is 0.222 e. The number of para-hydroxylation sites is 1. The molecule has 3 N–H and O–H groups in total. The molecule has 0 amide bonds. The van der Waals surface area contributed by atoms with E-state index in [4.69, 9.17) is 5.73 Å². The molecule has 0 saturated heterocycles. The Morgan fingerprint density at radius 3 is 2.74 bits per heavy atom. The van der Waals surface area contributed by atoms with Crippen LogP contribution in [0.2, 0.25) is 0 Å². The van der Waals surface area contributed by atoms with Crippen molar-refractivity contribution in [3.8, 4) is 0 Å². The SMILES string of the molecule is CS(=O)(=O)CCCNc1nc(N)nc2ccccc12. The minimum Gasteiger partial charge on any atom is -0.369 e. The molecule has 0 spiro atoms. The zero-order chi connectivity index (χ0) is 13.9. The third-order valence-corrected chi connectivity index (χ3v) is 3.64. The van der Waals surface area contributed by atoms with Gasteiger partial charge in [0.1, 0.15) is 15.7 Å². The summed E-state index contributed by atoms with van der Waals surface area (Å²) in [6, 6.07) is 7.52. The fourth-order valence-electron chi connectivity index (χ4n) is 1.77. The fourth-order valence-corrected chi connectivity index (χ4v) is 2.44. The Kier molecular flexibility index (Phi) is 3.84. The molecule has 1 aromatic carbocycles. The van der Waals surface area contributed by atoms with Gasteiger partial charge >= 0.3 is 0 Å². The quantitative estimate of drug-likeness (QED) is 0.795. The average Bonchev–Trinajstić information content (AvgIpc) is 2.33. The van der Waals surface area contributed by atoms with Crippen LogP contribution in [-0.2, 0) is 9.84 Å². The van der Waals surface area contributed by atoms with Crippen LogP contribution in [0, 0.1) is 0 Å². The largest absolute Gasteiger partial charge is 0.369 e. The first kappa shape index (κ1) is 13.5. The Hall–Kier alpha value is -1.89. The van der Waals surface area contributed by atoms with Gasteiger partial charge in [-0.25, -0.2) is 13.4 Å². The summed E-state index contributed by atoms with van der Waals surface area (Å²) in [5.74, 6) is 0.985. The monoisotopic (exact) mass is 280 g/mol. The highest BCUT2D eigenvalue weighted by Gasteiger charge is 2.06. The molecule has 0 fully saturated rings. The van der Waals surface area contributed by atoms with Gasteiger partial charge in [-0.3, -0.25) is 0 Å². The summed E-state index contributed by atoms with van der Waals surface area (Å²) in [5, 5.41) is 3.98. The second-order valence-corrected chi connectivity index (χ2v) is 6.62. The number of aromatic nitrogens is 2. The van der Waals surface area contributed by atoms with Crippen LogP contribution in [0.1, 0.15) is 6.42 Å². The normalized spacial score (nSPS) is 11.6. The summed E-state index contributed by atoms with van der Waals surface area (Å²) < 4.78 is 22.1. The molecular formula is C12H16N4O2S. The highest BCUT2D eigenvalue weighted by atomic mass is 32.2. The Morgan fingerprint density at radius 1 is 1.26 bits per heavy atom. The second kappa shape index (κ2) is 5.40. The van der Waals surface area contributed by atoms with Gasteiger partial charge in [0.25, 0.3) is 0 Å². The summed E-state index contributed by atoms with van der Waals surface area (Å²) >= 11 is 0. The Labute approximate surface area is 112 Å². The first-order chi connectivity index (χ1) is 8.96. The Balaban J connectivity index is 2.12. The lowest BCUT2D eigenvalue weighted by atomic mass is 10.2. The minimum atomic E-state index is -2.93. The van der Waals surface area contributed by atoms with Gasteiger partial charge in [-0.05, 0) is 18.6 Å². The number of nitrogen functional groups attached to an aromatic ring is 1. The maximum atomic E-state index is 11.0. The number of hydrogen-bond donors (Lipinski definition) is 2. The van der Waals surface area contributed by atoms with Gasteiger partial charge in [-0.2, -0.15) is 4.98 Å². The number of fused-ring (bicyclic) bond motifs is 1. The summed E-state index contributed by atoms with van der Waals surface area (Å²) in [4.78, 5) is 8.28. The van der Waals surface area contributed by atoms with Gasteiger partial charge in [-0.15, -0.1) is 0 Å². The molecule has 6 nitrogen and oxygen atoms in total. The number of rotatable bonds is 5. The van der Waals surface area contributed by atoms with Crippen LogP contribution in [0.15, 0.2) is 24.3 Å². The van der Waals surface area contributed by atoms with Gasteiger partial charge in [-0.1, -0.05) is 12.1 Å². The third kappa shape index (κ3) is 3.78. The fraction of sp³-hybridized carbons (Fsp3) is 0.333. The molecule has 7 heteroatoms. The van der Waals surface area contributed by atoms with Gasteiger partial charge in [0, 0.05) is 18.2 Å². The van der Waals surface area contributed by atoms with Crippen molar-refractivity contribution in [2.75, 3.05) is 29.6 Å². The van der Waals surface area contributed by atoms with Gasteiger partial charge in [0.15, 0.2) is 0 Å². The number of anilines is 2. The van der Waals surface area contributed by atoms with E-state index in [1.54, 1.807) is 0 Å². The molecule has 0 saturated carbocycles. The Bertz CT molecular complexity index is 685. The molecule has 1 aromatic heterocycles. The van der Waals surface area contributed by atoms with Crippen molar-refractivity contribution in [3.05, 3.63) is 24.3 Å². The molecule has 0 aliphatic carbocycles. The average molecular weight is 280 g/mol. The van der Waals surface area contributed by atoms with E-state index in [1.165, 1.54) is 6.26 Å². The van der Waals surface area contributed by atoms with Crippen LogP contribution in [0.3, 0.4) is 0 Å². The molecule has 0 bridgehead atoms. The highest BCUT2D eigenvalue weighted by molar-refractivity contribution is 7.90. The van der Waals surface area contributed by atoms with E-state index in [0.29, 0.717) is 18.8 Å². The molecule has 0 radical (unpaired) electrons.